The van der Waals surface area contributed by atoms with Crippen LogP contribution in [0.2, 0.25) is 0 Å². The van der Waals surface area contributed by atoms with Crippen LogP contribution in [0.4, 0.5) is 8.78 Å². The van der Waals surface area contributed by atoms with Crippen LogP contribution >= 0.6 is 0 Å². The van der Waals surface area contributed by atoms with Gasteiger partial charge in [-0.05, 0) is 7.05 Å². The molecule has 0 amide bonds. The number of rotatable bonds is 3. The van der Waals surface area contributed by atoms with Crippen molar-refractivity contribution in [2.75, 3.05) is 26.7 Å². The first-order chi connectivity index (χ1) is 4.70. The Morgan fingerprint density at radius 2 is 2.20 bits per heavy atom. The molecule has 0 aromatic carbocycles. The lowest BCUT2D eigenvalue weighted by Gasteiger charge is -2.35. The Kier molecular flexibility index (Phi) is 2.56. The van der Waals surface area contributed by atoms with E-state index >= 15 is 0 Å². The lowest BCUT2D eigenvalue weighted by molar-refractivity contribution is 0.0668. The van der Waals surface area contributed by atoms with Gasteiger partial charge in [0.15, 0.2) is 0 Å². The molecule has 60 valence electrons. The van der Waals surface area contributed by atoms with Crippen LogP contribution in [0.25, 0.3) is 0 Å². The highest BCUT2D eigenvalue weighted by Gasteiger charge is 2.22. The zero-order valence-electron chi connectivity index (χ0n) is 5.98. The highest BCUT2D eigenvalue weighted by atomic mass is 19.3. The molecule has 0 aromatic heterocycles. The first kappa shape index (κ1) is 7.88. The van der Waals surface area contributed by atoms with E-state index in [1.54, 1.807) is 11.9 Å². The maximum absolute atomic E-state index is 11.7. The van der Waals surface area contributed by atoms with Crippen molar-refractivity contribution in [1.29, 1.82) is 0 Å². The molecule has 1 aliphatic rings. The van der Waals surface area contributed by atoms with E-state index in [4.69, 9.17) is 0 Å². The molecule has 0 spiro atoms. The van der Waals surface area contributed by atoms with E-state index in [-0.39, 0.29) is 6.54 Å². The molecule has 10 heavy (non-hydrogen) atoms. The fourth-order valence-electron chi connectivity index (χ4n) is 0.952. The number of hydrogen-bond acceptors (Lipinski definition) is 2. The van der Waals surface area contributed by atoms with E-state index in [1.165, 1.54) is 0 Å². The molecule has 1 saturated heterocycles. The molecular formula is C6H12F2N2. The summed E-state index contributed by atoms with van der Waals surface area (Å²) >= 11 is 0. The van der Waals surface area contributed by atoms with Crippen LogP contribution in [0.1, 0.15) is 0 Å². The van der Waals surface area contributed by atoms with Crippen molar-refractivity contribution in [2.45, 2.75) is 12.5 Å². The van der Waals surface area contributed by atoms with Gasteiger partial charge in [-0.25, -0.2) is 8.78 Å². The van der Waals surface area contributed by atoms with Crippen molar-refractivity contribution < 1.29 is 8.78 Å². The third kappa shape index (κ3) is 1.88. The fraction of sp³-hybridized carbons (Fsp3) is 1.00. The van der Waals surface area contributed by atoms with E-state index in [2.05, 4.69) is 5.32 Å². The first-order valence-corrected chi connectivity index (χ1v) is 3.39. The van der Waals surface area contributed by atoms with E-state index in [0.717, 1.165) is 13.1 Å². The molecule has 0 radical (unpaired) electrons. The van der Waals surface area contributed by atoms with Crippen LogP contribution < -0.4 is 5.32 Å². The van der Waals surface area contributed by atoms with Gasteiger partial charge in [0.05, 0.1) is 6.54 Å². The van der Waals surface area contributed by atoms with Crippen LogP contribution in [0, 0.1) is 0 Å². The molecule has 1 fully saturated rings. The van der Waals surface area contributed by atoms with Gasteiger partial charge in [0.1, 0.15) is 0 Å². The van der Waals surface area contributed by atoms with Crippen molar-refractivity contribution in [2.24, 2.45) is 0 Å². The van der Waals surface area contributed by atoms with E-state index in [0.29, 0.717) is 6.04 Å². The molecule has 4 heteroatoms. The van der Waals surface area contributed by atoms with Crippen molar-refractivity contribution in [3.05, 3.63) is 0 Å². The predicted octanol–water partition coefficient (Wildman–Crippen LogP) is 0.155. The van der Waals surface area contributed by atoms with Gasteiger partial charge >= 0.3 is 0 Å². The van der Waals surface area contributed by atoms with E-state index in [1.807, 2.05) is 0 Å². The van der Waals surface area contributed by atoms with Crippen LogP contribution in [0.3, 0.4) is 0 Å². The van der Waals surface area contributed by atoms with Gasteiger partial charge in [0, 0.05) is 19.1 Å². The second-order valence-corrected chi connectivity index (χ2v) is 2.64. The van der Waals surface area contributed by atoms with Gasteiger partial charge in [-0.15, -0.1) is 0 Å². The molecule has 0 aromatic rings. The highest BCUT2D eigenvalue weighted by molar-refractivity contribution is 4.82. The minimum Gasteiger partial charge on any atom is -0.314 e. The largest absolute Gasteiger partial charge is 0.314 e. The SMILES string of the molecule is CN(CC(F)F)C1CNC1. The molecule has 1 N–H and O–H groups in total. The van der Waals surface area contributed by atoms with Crippen molar-refractivity contribution in [3.63, 3.8) is 0 Å². The molecule has 1 rings (SSSR count). The lowest BCUT2D eigenvalue weighted by atomic mass is 10.1. The van der Waals surface area contributed by atoms with Crippen molar-refractivity contribution in [1.82, 2.24) is 10.2 Å². The van der Waals surface area contributed by atoms with E-state index in [9.17, 15) is 8.78 Å². The van der Waals surface area contributed by atoms with Crippen LogP contribution in [-0.2, 0) is 0 Å². The van der Waals surface area contributed by atoms with Gasteiger partial charge in [-0.3, -0.25) is 4.90 Å². The molecule has 2 nitrogen and oxygen atoms in total. The third-order valence-corrected chi connectivity index (χ3v) is 1.81. The number of likely N-dealkylation sites (N-methyl/N-ethyl adjacent to an activating group) is 1. The topological polar surface area (TPSA) is 15.3 Å². The smallest absolute Gasteiger partial charge is 0.251 e. The first-order valence-electron chi connectivity index (χ1n) is 3.39. The Balaban J connectivity index is 2.13. The Morgan fingerprint density at radius 3 is 2.50 bits per heavy atom. The predicted molar refractivity (Wildman–Crippen MR) is 35.3 cm³/mol. The molecule has 0 bridgehead atoms. The summed E-state index contributed by atoms with van der Waals surface area (Å²) in [6.07, 6.45) is -2.20. The van der Waals surface area contributed by atoms with Crippen LogP contribution in [0.5, 0.6) is 0 Å². The zero-order valence-corrected chi connectivity index (χ0v) is 5.98. The average Bonchev–Trinajstić information content (AvgIpc) is 1.55. The highest BCUT2D eigenvalue weighted by Crippen LogP contribution is 2.04. The van der Waals surface area contributed by atoms with Crippen molar-refractivity contribution >= 4 is 0 Å². The lowest BCUT2D eigenvalue weighted by Crippen LogP contribution is -2.56. The third-order valence-electron chi connectivity index (χ3n) is 1.81. The Morgan fingerprint density at radius 1 is 1.60 bits per heavy atom. The number of halogens is 2. The Labute approximate surface area is 59.2 Å². The maximum atomic E-state index is 11.7. The number of hydrogen-bond donors (Lipinski definition) is 1. The fourth-order valence-corrected chi connectivity index (χ4v) is 0.952. The van der Waals surface area contributed by atoms with Gasteiger partial charge in [0.2, 0.25) is 0 Å². The number of alkyl halides is 2. The number of nitrogens with one attached hydrogen (secondary N) is 1. The molecule has 1 aliphatic heterocycles. The van der Waals surface area contributed by atoms with Crippen LogP contribution in [0.15, 0.2) is 0 Å². The summed E-state index contributed by atoms with van der Waals surface area (Å²) in [7, 11) is 1.73. The van der Waals surface area contributed by atoms with Crippen LogP contribution in [-0.4, -0.2) is 44.0 Å². The zero-order chi connectivity index (χ0) is 7.56. The minimum absolute atomic E-state index is 0.105. The summed E-state index contributed by atoms with van der Waals surface area (Å²) in [5.41, 5.74) is 0. The summed E-state index contributed by atoms with van der Waals surface area (Å²) in [4.78, 5) is 1.70. The standard InChI is InChI=1S/C6H12F2N2/c1-10(4-6(7)8)5-2-9-3-5/h5-6,9H,2-4H2,1H3. The molecule has 0 unspecified atom stereocenters. The minimum atomic E-state index is -2.20. The van der Waals surface area contributed by atoms with Gasteiger partial charge in [-0.2, -0.15) is 0 Å². The Hall–Kier alpha value is -0.220. The molecule has 0 saturated carbocycles. The summed E-state index contributed by atoms with van der Waals surface area (Å²) in [5.74, 6) is 0. The summed E-state index contributed by atoms with van der Waals surface area (Å²) in [6, 6.07) is 0.328. The number of nitrogens with zero attached hydrogens (tertiary/aromatic N) is 1. The monoisotopic (exact) mass is 150 g/mol. The van der Waals surface area contributed by atoms with Crippen molar-refractivity contribution in [3.8, 4) is 0 Å². The molecule has 0 aliphatic carbocycles. The molecular weight excluding hydrogens is 138 g/mol. The average molecular weight is 150 g/mol. The van der Waals surface area contributed by atoms with Gasteiger partial charge < -0.3 is 5.32 Å². The second-order valence-electron chi connectivity index (χ2n) is 2.64. The summed E-state index contributed by atoms with van der Waals surface area (Å²) in [6.45, 7) is 1.60. The maximum Gasteiger partial charge on any atom is 0.251 e. The molecule has 1 heterocycles. The quantitative estimate of drug-likeness (QED) is 0.616. The summed E-state index contributed by atoms with van der Waals surface area (Å²) in [5, 5.41) is 3.03. The Bertz CT molecular complexity index is 104. The summed E-state index contributed by atoms with van der Waals surface area (Å²) < 4.78 is 23.5. The molecule has 0 atom stereocenters. The normalized spacial score (nSPS) is 20.1. The van der Waals surface area contributed by atoms with E-state index < -0.39 is 6.43 Å². The van der Waals surface area contributed by atoms with Gasteiger partial charge in [0.25, 0.3) is 6.43 Å². The van der Waals surface area contributed by atoms with Gasteiger partial charge in [-0.1, -0.05) is 0 Å². The second kappa shape index (κ2) is 3.25.